The normalized spacial score (nSPS) is 16.6. The van der Waals surface area contributed by atoms with Crippen molar-refractivity contribution in [1.29, 1.82) is 0 Å². The van der Waals surface area contributed by atoms with Crippen molar-refractivity contribution >= 4 is 27.8 Å². The van der Waals surface area contributed by atoms with Crippen LogP contribution in [0.15, 0.2) is 163 Å². The van der Waals surface area contributed by atoms with Crippen LogP contribution in [0.5, 0.6) is 0 Å². The van der Waals surface area contributed by atoms with E-state index in [1.165, 1.54) is 33.0 Å². The number of hydrogen-bond acceptors (Lipinski definition) is 3. The highest BCUT2D eigenvalue weighted by molar-refractivity contribution is 6.15. The van der Waals surface area contributed by atoms with E-state index in [1.807, 2.05) is 6.07 Å². The Hall–Kier alpha value is -5.45. The number of fused-ring (bicyclic) bond motifs is 3. The zero-order chi connectivity index (χ0) is 28.6. The summed E-state index contributed by atoms with van der Waals surface area (Å²) >= 11 is 0. The van der Waals surface area contributed by atoms with E-state index in [0.717, 1.165) is 28.1 Å². The summed E-state index contributed by atoms with van der Waals surface area (Å²) in [6, 6.07) is 55.7. The minimum atomic E-state index is -0.212. The average Bonchev–Trinajstić information content (AvgIpc) is 3.42. The lowest BCUT2D eigenvalue weighted by Crippen LogP contribution is -2.47. The molecule has 0 aliphatic carbocycles. The monoisotopic (exact) mass is 554 g/mol. The number of benzene rings is 6. The van der Waals surface area contributed by atoms with Gasteiger partial charge in [-0.25, -0.2) is 4.99 Å². The van der Waals surface area contributed by atoms with Crippen molar-refractivity contribution in [3.05, 3.63) is 169 Å². The number of rotatable bonds is 4. The Morgan fingerprint density at radius 3 is 1.67 bits per heavy atom. The van der Waals surface area contributed by atoms with Crippen LogP contribution in [0, 0.1) is 0 Å². The molecule has 1 aliphatic rings. The molecule has 4 heteroatoms. The second kappa shape index (κ2) is 10.8. The van der Waals surface area contributed by atoms with Crippen molar-refractivity contribution in [3.63, 3.8) is 0 Å². The van der Waals surface area contributed by atoms with Crippen LogP contribution in [-0.2, 0) is 0 Å². The lowest BCUT2D eigenvalue weighted by Gasteiger charge is -2.32. The van der Waals surface area contributed by atoms with Crippen molar-refractivity contribution in [2.75, 3.05) is 0 Å². The highest BCUT2D eigenvalue weighted by Crippen LogP contribution is 2.36. The smallest absolute Gasteiger partial charge is 0.206 e. The lowest BCUT2D eigenvalue weighted by molar-refractivity contribution is 0.403. The first-order valence-corrected chi connectivity index (χ1v) is 14.7. The highest BCUT2D eigenvalue weighted by Gasteiger charge is 2.27. The number of aromatic nitrogens is 1. The molecule has 0 fully saturated rings. The second-order valence-corrected chi connectivity index (χ2v) is 11.0. The minimum absolute atomic E-state index is 0.118. The Balaban J connectivity index is 1.37. The summed E-state index contributed by atoms with van der Waals surface area (Å²) in [4.78, 5) is 5.31. The summed E-state index contributed by atoms with van der Waals surface area (Å²) in [7, 11) is 0. The predicted octanol–water partition coefficient (Wildman–Crippen LogP) is 8.92. The first kappa shape index (κ1) is 25.3. The van der Waals surface area contributed by atoms with Crippen molar-refractivity contribution in [2.24, 2.45) is 4.99 Å². The maximum absolute atomic E-state index is 5.31. The largest absolute Gasteiger partial charge is 0.336 e. The fourth-order valence-electron chi connectivity index (χ4n) is 6.15. The number of aliphatic imine (C=N–C) groups is 1. The maximum atomic E-state index is 5.31. The van der Waals surface area contributed by atoms with Crippen LogP contribution in [0.2, 0.25) is 0 Å². The van der Waals surface area contributed by atoms with Crippen LogP contribution >= 0.6 is 0 Å². The first-order valence-electron chi connectivity index (χ1n) is 14.7. The van der Waals surface area contributed by atoms with E-state index in [1.54, 1.807) is 0 Å². The minimum Gasteiger partial charge on any atom is -0.336 e. The van der Waals surface area contributed by atoms with Crippen LogP contribution in [0.25, 0.3) is 44.1 Å². The molecule has 0 saturated carbocycles. The third-order valence-electron chi connectivity index (χ3n) is 8.29. The SMILES string of the molecule is c1ccc(-c2ccc3c(c2)c2ccc(-c4ccccc4)cc2n3C2=NC(c3ccccc3)NC(c3ccccc3)N2)cc1. The first-order chi connectivity index (χ1) is 21.3. The van der Waals surface area contributed by atoms with Crippen LogP contribution < -0.4 is 10.6 Å². The Kier molecular flexibility index (Phi) is 6.32. The highest BCUT2D eigenvalue weighted by atomic mass is 15.4. The summed E-state index contributed by atoms with van der Waals surface area (Å²) in [5.74, 6) is 0.819. The van der Waals surface area contributed by atoms with Crippen molar-refractivity contribution in [1.82, 2.24) is 15.2 Å². The van der Waals surface area contributed by atoms with Gasteiger partial charge in [-0.15, -0.1) is 0 Å². The van der Waals surface area contributed by atoms with Gasteiger partial charge in [-0.05, 0) is 51.6 Å². The van der Waals surface area contributed by atoms with Gasteiger partial charge in [0.1, 0.15) is 12.3 Å². The molecule has 0 spiro atoms. The number of nitrogens with one attached hydrogen (secondary N) is 2. The third-order valence-corrected chi connectivity index (χ3v) is 8.29. The molecule has 6 aromatic carbocycles. The second-order valence-electron chi connectivity index (χ2n) is 11.0. The molecule has 43 heavy (non-hydrogen) atoms. The molecular weight excluding hydrogens is 524 g/mol. The Bertz CT molecular complexity index is 2060. The van der Waals surface area contributed by atoms with E-state index < -0.39 is 0 Å². The van der Waals surface area contributed by atoms with E-state index in [-0.39, 0.29) is 12.3 Å². The van der Waals surface area contributed by atoms with Gasteiger partial charge in [0.05, 0.1) is 11.0 Å². The van der Waals surface area contributed by atoms with Crippen LogP contribution in [0.4, 0.5) is 0 Å². The molecule has 0 amide bonds. The van der Waals surface area contributed by atoms with Gasteiger partial charge in [0.15, 0.2) is 0 Å². The van der Waals surface area contributed by atoms with E-state index in [2.05, 4.69) is 167 Å². The van der Waals surface area contributed by atoms with Gasteiger partial charge in [0.2, 0.25) is 5.96 Å². The average molecular weight is 555 g/mol. The molecule has 2 unspecified atom stereocenters. The lowest BCUT2D eigenvalue weighted by atomic mass is 10.0. The molecule has 2 atom stereocenters. The van der Waals surface area contributed by atoms with Crippen LogP contribution in [-0.4, -0.2) is 10.5 Å². The molecule has 8 rings (SSSR count). The van der Waals surface area contributed by atoms with Gasteiger partial charge in [-0.2, -0.15) is 0 Å². The summed E-state index contributed by atoms with van der Waals surface area (Å²) in [6.07, 6.45) is -0.330. The molecule has 0 radical (unpaired) electrons. The fraction of sp³-hybridized carbons (Fsp3) is 0.0513. The van der Waals surface area contributed by atoms with Crippen molar-refractivity contribution in [3.8, 4) is 22.3 Å². The Morgan fingerprint density at radius 1 is 0.465 bits per heavy atom. The Labute approximate surface area is 251 Å². The van der Waals surface area contributed by atoms with Crippen molar-refractivity contribution in [2.45, 2.75) is 12.3 Å². The molecule has 1 aliphatic heterocycles. The molecule has 2 heterocycles. The van der Waals surface area contributed by atoms with Gasteiger partial charge in [-0.3, -0.25) is 9.88 Å². The molecular formula is C39H30N4. The molecule has 0 saturated heterocycles. The molecule has 7 aromatic rings. The molecule has 4 nitrogen and oxygen atoms in total. The Morgan fingerprint density at radius 2 is 1.02 bits per heavy atom. The zero-order valence-electron chi connectivity index (χ0n) is 23.6. The van der Waals surface area contributed by atoms with Gasteiger partial charge in [-0.1, -0.05) is 140 Å². The molecule has 206 valence electrons. The predicted molar refractivity (Wildman–Crippen MR) is 178 cm³/mol. The number of nitrogens with zero attached hydrogens (tertiary/aromatic N) is 2. The van der Waals surface area contributed by atoms with E-state index in [4.69, 9.17) is 4.99 Å². The summed E-state index contributed by atoms with van der Waals surface area (Å²) in [5, 5.41) is 9.89. The zero-order valence-corrected chi connectivity index (χ0v) is 23.6. The quantitative estimate of drug-likeness (QED) is 0.228. The third kappa shape index (κ3) is 4.68. The topological polar surface area (TPSA) is 41.4 Å². The summed E-state index contributed by atoms with van der Waals surface area (Å²) in [6.45, 7) is 0. The van der Waals surface area contributed by atoms with Crippen LogP contribution in [0.3, 0.4) is 0 Å². The summed E-state index contributed by atoms with van der Waals surface area (Å²) < 4.78 is 2.30. The molecule has 2 N–H and O–H groups in total. The fourth-order valence-corrected chi connectivity index (χ4v) is 6.15. The van der Waals surface area contributed by atoms with Crippen LogP contribution in [0.1, 0.15) is 23.5 Å². The number of hydrogen-bond donors (Lipinski definition) is 2. The van der Waals surface area contributed by atoms with Crippen molar-refractivity contribution < 1.29 is 0 Å². The van der Waals surface area contributed by atoms with E-state index in [9.17, 15) is 0 Å². The van der Waals surface area contributed by atoms with Gasteiger partial charge in [0.25, 0.3) is 0 Å². The molecule has 0 bridgehead atoms. The van der Waals surface area contributed by atoms with Gasteiger partial charge < -0.3 is 5.32 Å². The van der Waals surface area contributed by atoms with E-state index >= 15 is 0 Å². The maximum Gasteiger partial charge on any atom is 0.206 e. The van der Waals surface area contributed by atoms with Gasteiger partial charge >= 0.3 is 0 Å². The van der Waals surface area contributed by atoms with E-state index in [0.29, 0.717) is 0 Å². The standard InChI is InChI=1S/C39H30N4/c1-5-13-27(14-6-1)31-22-24-35-34(25-31)33-23-21-32(28-15-7-2-8-16-28)26-36(33)43(35)39-41-37(29-17-9-3-10-18-29)40-38(42-39)30-19-11-4-12-20-30/h1-26,37-38,40H,(H,41,42). The van der Waals surface area contributed by atoms with Gasteiger partial charge in [0, 0.05) is 10.8 Å². The summed E-state index contributed by atoms with van der Waals surface area (Å²) in [5.41, 5.74) is 9.29. The molecule has 1 aromatic heterocycles.